The Bertz CT molecular complexity index is 917. The number of nitrogens with one attached hydrogen (secondary N) is 2. The number of thiophene rings is 1. The minimum atomic E-state index is -0.257. The van der Waals surface area contributed by atoms with Crippen molar-refractivity contribution in [2.24, 2.45) is 0 Å². The van der Waals surface area contributed by atoms with Gasteiger partial charge in [0.2, 0.25) is 11.8 Å². The van der Waals surface area contributed by atoms with E-state index in [2.05, 4.69) is 16.7 Å². The fraction of sp³-hybridized carbons (Fsp3) is 0.211. The zero-order valence-electron chi connectivity index (χ0n) is 14.5. The second kappa shape index (κ2) is 8.75. The van der Waals surface area contributed by atoms with Gasteiger partial charge in [0.1, 0.15) is 5.75 Å². The van der Waals surface area contributed by atoms with Crippen LogP contribution in [0, 0.1) is 11.3 Å². The zero-order valence-corrected chi connectivity index (χ0v) is 16.2. The van der Waals surface area contributed by atoms with Crippen molar-refractivity contribution in [3.05, 3.63) is 57.3 Å². The molecule has 0 spiro atoms. The number of methoxy groups -OCH3 is 1. The number of hydrogen-bond donors (Lipinski definition) is 2. The standard InChI is InChI=1S/C19H17N3O3S2/c1-25-13-5-2-4-12(8-13)21-18(24)11-27-19-15(10-20)14(9-17(23)22-19)16-6-3-7-26-16/h2-8,14H,9,11H2,1H3,(H,21,24)(H,22,23)/t14-/m0/s1. The molecule has 2 aromatic rings. The first-order valence-corrected chi connectivity index (χ1v) is 10.0. The average Bonchev–Trinajstić information content (AvgIpc) is 3.20. The molecule has 0 fully saturated rings. The second-order valence-corrected chi connectivity index (χ2v) is 7.71. The van der Waals surface area contributed by atoms with Gasteiger partial charge in [0.25, 0.3) is 0 Å². The maximum Gasteiger partial charge on any atom is 0.234 e. The molecule has 2 N–H and O–H groups in total. The van der Waals surface area contributed by atoms with Crippen LogP contribution in [0.25, 0.3) is 0 Å². The molecule has 0 saturated carbocycles. The monoisotopic (exact) mass is 399 g/mol. The highest BCUT2D eigenvalue weighted by Crippen LogP contribution is 2.37. The van der Waals surface area contributed by atoms with Gasteiger partial charge in [-0.2, -0.15) is 5.26 Å². The van der Waals surface area contributed by atoms with Crippen molar-refractivity contribution in [2.45, 2.75) is 12.3 Å². The third kappa shape index (κ3) is 4.70. The summed E-state index contributed by atoms with van der Waals surface area (Å²) < 4.78 is 5.13. The summed E-state index contributed by atoms with van der Waals surface area (Å²) in [4.78, 5) is 25.3. The van der Waals surface area contributed by atoms with E-state index >= 15 is 0 Å². The van der Waals surface area contributed by atoms with E-state index < -0.39 is 0 Å². The largest absolute Gasteiger partial charge is 0.497 e. The lowest BCUT2D eigenvalue weighted by atomic mass is 9.93. The molecule has 2 heterocycles. The van der Waals surface area contributed by atoms with Gasteiger partial charge >= 0.3 is 0 Å². The highest BCUT2D eigenvalue weighted by molar-refractivity contribution is 8.03. The molecule has 1 aromatic carbocycles. The normalized spacial score (nSPS) is 16.4. The van der Waals surface area contributed by atoms with Crippen LogP contribution in [0.1, 0.15) is 17.2 Å². The van der Waals surface area contributed by atoms with E-state index in [0.717, 1.165) is 16.6 Å². The smallest absolute Gasteiger partial charge is 0.234 e. The Hall–Kier alpha value is -2.76. The maximum atomic E-state index is 12.3. The van der Waals surface area contributed by atoms with Gasteiger partial charge in [-0.1, -0.05) is 23.9 Å². The lowest BCUT2D eigenvalue weighted by molar-refractivity contribution is -0.121. The second-order valence-electron chi connectivity index (χ2n) is 5.74. The van der Waals surface area contributed by atoms with E-state index in [1.165, 1.54) is 11.3 Å². The summed E-state index contributed by atoms with van der Waals surface area (Å²) in [6.07, 6.45) is 0.240. The Morgan fingerprint density at radius 1 is 1.44 bits per heavy atom. The predicted molar refractivity (Wildman–Crippen MR) is 107 cm³/mol. The molecule has 1 aromatic heterocycles. The number of nitriles is 1. The van der Waals surface area contributed by atoms with Crippen molar-refractivity contribution in [3.63, 3.8) is 0 Å². The van der Waals surface area contributed by atoms with Crippen molar-refractivity contribution in [2.75, 3.05) is 18.2 Å². The van der Waals surface area contributed by atoms with Gasteiger partial charge in [-0.15, -0.1) is 11.3 Å². The molecule has 0 unspecified atom stereocenters. The molecule has 2 amide bonds. The van der Waals surface area contributed by atoms with Crippen LogP contribution in [0.15, 0.2) is 52.4 Å². The first-order valence-electron chi connectivity index (χ1n) is 8.15. The minimum Gasteiger partial charge on any atom is -0.497 e. The van der Waals surface area contributed by atoms with Gasteiger partial charge in [0.05, 0.1) is 29.5 Å². The third-order valence-electron chi connectivity index (χ3n) is 3.94. The van der Waals surface area contributed by atoms with Gasteiger partial charge in [0.15, 0.2) is 0 Å². The fourth-order valence-electron chi connectivity index (χ4n) is 2.70. The quantitative estimate of drug-likeness (QED) is 0.776. The third-order valence-corrected chi connectivity index (χ3v) is 5.95. The Balaban J connectivity index is 1.70. The topological polar surface area (TPSA) is 91.2 Å². The molecule has 0 radical (unpaired) electrons. The number of amides is 2. The first-order chi connectivity index (χ1) is 13.1. The van der Waals surface area contributed by atoms with Crippen LogP contribution in [0.3, 0.4) is 0 Å². The van der Waals surface area contributed by atoms with Crippen LogP contribution in [0.5, 0.6) is 5.75 Å². The highest BCUT2D eigenvalue weighted by atomic mass is 32.2. The number of carbonyl (C=O) groups excluding carboxylic acids is 2. The molecule has 138 valence electrons. The van der Waals surface area contributed by atoms with E-state index in [4.69, 9.17) is 4.74 Å². The van der Waals surface area contributed by atoms with E-state index in [1.54, 1.807) is 31.4 Å². The first kappa shape index (κ1) is 19.0. The Kier molecular flexibility index (Phi) is 6.16. The van der Waals surface area contributed by atoms with E-state index in [9.17, 15) is 14.9 Å². The SMILES string of the molecule is COc1cccc(NC(=O)CSC2=C(C#N)[C@@H](c3cccs3)CC(=O)N2)c1. The Morgan fingerprint density at radius 3 is 3.00 bits per heavy atom. The molecule has 0 bridgehead atoms. The molecule has 8 heteroatoms. The van der Waals surface area contributed by atoms with Crippen molar-refractivity contribution in [1.29, 1.82) is 5.26 Å². The average molecular weight is 399 g/mol. The van der Waals surface area contributed by atoms with Crippen LogP contribution >= 0.6 is 23.1 Å². The maximum absolute atomic E-state index is 12.3. The summed E-state index contributed by atoms with van der Waals surface area (Å²) in [7, 11) is 1.56. The molecule has 27 heavy (non-hydrogen) atoms. The summed E-state index contributed by atoms with van der Waals surface area (Å²) in [5, 5.41) is 17.5. The van der Waals surface area contributed by atoms with Crippen LogP contribution in [-0.4, -0.2) is 24.7 Å². The summed E-state index contributed by atoms with van der Waals surface area (Å²) in [6, 6.07) is 13.1. The molecule has 1 aliphatic rings. The lowest BCUT2D eigenvalue weighted by Crippen LogP contribution is -2.31. The number of carbonyl (C=O) groups is 2. The molecule has 3 rings (SSSR count). The Labute approximate surface area is 165 Å². The number of anilines is 1. The van der Waals surface area contributed by atoms with Gasteiger partial charge in [0, 0.05) is 29.0 Å². The predicted octanol–water partition coefficient (Wildman–Crippen LogP) is 3.47. The highest BCUT2D eigenvalue weighted by Gasteiger charge is 2.30. The molecule has 1 aliphatic heterocycles. The molecule has 1 atom stereocenters. The van der Waals surface area contributed by atoms with E-state index in [0.29, 0.717) is 22.0 Å². The summed E-state index contributed by atoms with van der Waals surface area (Å²) in [6.45, 7) is 0. The summed E-state index contributed by atoms with van der Waals surface area (Å²) >= 11 is 2.68. The number of nitrogens with zero attached hydrogens (tertiary/aromatic N) is 1. The van der Waals surface area contributed by atoms with Crippen molar-refractivity contribution < 1.29 is 14.3 Å². The Morgan fingerprint density at radius 2 is 2.30 bits per heavy atom. The zero-order chi connectivity index (χ0) is 19.2. The number of rotatable bonds is 6. The molecule has 0 saturated heterocycles. The molecular weight excluding hydrogens is 382 g/mol. The van der Waals surface area contributed by atoms with Gasteiger partial charge in [-0.3, -0.25) is 9.59 Å². The van der Waals surface area contributed by atoms with Crippen molar-refractivity contribution in [3.8, 4) is 11.8 Å². The fourth-order valence-corrected chi connectivity index (χ4v) is 4.42. The lowest BCUT2D eigenvalue weighted by Gasteiger charge is -2.23. The van der Waals surface area contributed by atoms with Gasteiger partial charge < -0.3 is 15.4 Å². The number of allylic oxidation sites excluding steroid dienone is 1. The van der Waals surface area contributed by atoms with Crippen molar-refractivity contribution >= 4 is 40.6 Å². The molecule has 6 nitrogen and oxygen atoms in total. The van der Waals surface area contributed by atoms with Crippen LogP contribution in [-0.2, 0) is 9.59 Å². The summed E-state index contributed by atoms with van der Waals surface area (Å²) in [5.41, 5.74) is 1.12. The van der Waals surface area contributed by atoms with Crippen LogP contribution in [0.2, 0.25) is 0 Å². The van der Waals surface area contributed by atoms with Crippen molar-refractivity contribution in [1.82, 2.24) is 5.32 Å². The van der Waals surface area contributed by atoms with Crippen LogP contribution in [0.4, 0.5) is 5.69 Å². The number of benzene rings is 1. The number of thioether (sulfide) groups is 1. The minimum absolute atomic E-state index is 0.0785. The molecule has 0 aliphatic carbocycles. The van der Waals surface area contributed by atoms with Gasteiger partial charge in [-0.25, -0.2) is 0 Å². The van der Waals surface area contributed by atoms with Gasteiger partial charge in [-0.05, 0) is 23.6 Å². The summed E-state index contributed by atoms with van der Waals surface area (Å²) in [5.74, 6) is 0.0874. The number of hydrogen-bond acceptors (Lipinski definition) is 6. The van der Waals surface area contributed by atoms with E-state index in [-0.39, 0.29) is 29.9 Å². The van der Waals surface area contributed by atoms with Crippen LogP contribution < -0.4 is 15.4 Å². The molecular formula is C19H17N3O3S2. The number of ether oxygens (including phenoxy) is 1. The van der Waals surface area contributed by atoms with E-state index in [1.807, 2.05) is 17.5 Å².